The number of nitrogens with zero attached hydrogens (tertiary/aromatic N) is 1. The number of aromatic nitrogens is 1. The van der Waals surface area contributed by atoms with Gasteiger partial charge in [0, 0.05) is 24.7 Å². The number of hydrogen-bond donors (Lipinski definition) is 1. The van der Waals surface area contributed by atoms with E-state index < -0.39 is 0 Å². The molecule has 14 heavy (non-hydrogen) atoms. The topological polar surface area (TPSA) is 51.2 Å². The maximum absolute atomic E-state index is 11.2. The minimum atomic E-state index is -0.371. The molecule has 2 rings (SSSR count). The largest absolute Gasteiger partial charge is 0.464 e. The minimum absolute atomic E-state index is 0.0479. The van der Waals surface area contributed by atoms with Gasteiger partial charge in [-0.1, -0.05) is 6.07 Å². The molecule has 0 aliphatic carbocycles. The number of carbonyl (C=O) groups is 1. The number of rotatable bonds is 2. The molecule has 1 N–H and O–H groups in total. The second-order valence-corrected chi connectivity index (χ2v) is 3.30. The first kappa shape index (κ1) is 8.99. The number of aryl methyl sites for hydroxylation is 1. The number of nitrogens with one attached hydrogen (secondary N) is 1. The third-order valence-electron chi connectivity index (χ3n) is 2.12. The average Bonchev–Trinajstić information content (AvgIpc) is 2.52. The van der Waals surface area contributed by atoms with Crippen molar-refractivity contribution in [1.29, 1.82) is 0 Å². The zero-order valence-electron chi connectivity index (χ0n) is 7.99. The quantitative estimate of drug-likeness (QED) is 0.748. The van der Waals surface area contributed by atoms with Gasteiger partial charge in [0.05, 0.1) is 0 Å². The molecule has 1 aromatic heterocycles. The molecule has 4 heteroatoms. The van der Waals surface area contributed by atoms with Crippen molar-refractivity contribution < 1.29 is 9.53 Å². The van der Waals surface area contributed by atoms with Gasteiger partial charge < -0.3 is 10.1 Å². The van der Waals surface area contributed by atoms with Crippen molar-refractivity contribution in [2.24, 2.45) is 0 Å². The molecule has 0 spiro atoms. The molecule has 1 unspecified atom stereocenters. The third kappa shape index (κ3) is 1.84. The number of hydrogen-bond acceptors (Lipinski definition) is 3. The molecular formula is C10H12N2O2. The first-order valence-electron chi connectivity index (χ1n) is 4.64. The number of ether oxygens (including phenoxy) is 1. The van der Waals surface area contributed by atoms with E-state index in [4.69, 9.17) is 4.74 Å². The van der Waals surface area contributed by atoms with Crippen LogP contribution in [0.3, 0.4) is 0 Å². The van der Waals surface area contributed by atoms with Crippen LogP contribution in [0, 0.1) is 6.92 Å². The molecule has 0 aromatic carbocycles. The zero-order chi connectivity index (χ0) is 9.97. The summed E-state index contributed by atoms with van der Waals surface area (Å²) >= 11 is 0. The van der Waals surface area contributed by atoms with Crippen molar-refractivity contribution in [2.75, 3.05) is 6.54 Å². The summed E-state index contributed by atoms with van der Waals surface area (Å²) in [6, 6.07) is 5.52. The van der Waals surface area contributed by atoms with E-state index in [0.717, 1.165) is 5.69 Å². The predicted octanol–water partition coefficient (Wildman–Crippen LogP) is 0.657. The fraction of sp³-hybridized carbons (Fsp3) is 0.400. The molecule has 1 aromatic rings. The van der Waals surface area contributed by atoms with Crippen molar-refractivity contribution in [2.45, 2.75) is 19.4 Å². The second-order valence-electron chi connectivity index (χ2n) is 3.30. The summed E-state index contributed by atoms with van der Waals surface area (Å²) in [5.74, 6) is 0.473. The zero-order valence-corrected chi connectivity index (χ0v) is 7.99. The van der Waals surface area contributed by atoms with Crippen LogP contribution in [0.4, 0.5) is 0 Å². The van der Waals surface area contributed by atoms with E-state index in [1.807, 2.05) is 19.1 Å². The maximum atomic E-state index is 11.2. The summed E-state index contributed by atoms with van der Waals surface area (Å²) in [7, 11) is 0. The summed E-state index contributed by atoms with van der Waals surface area (Å²) < 4.78 is 5.45. The molecule has 1 saturated heterocycles. The van der Waals surface area contributed by atoms with Crippen LogP contribution in [0.1, 0.15) is 12.1 Å². The van der Waals surface area contributed by atoms with Crippen LogP contribution in [0.15, 0.2) is 18.2 Å². The molecule has 1 aliphatic rings. The van der Waals surface area contributed by atoms with Gasteiger partial charge in [-0.2, -0.15) is 0 Å². The van der Waals surface area contributed by atoms with E-state index in [1.165, 1.54) is 0 Å². The first-order valence-corrected chi connectivity index (χ1v) is 4.64. The Morgan fingerprint density at radius 2 is 2.43 bits per heavy atom. The average molecular weight is 192 g/mol. The summed E-state index contributed by atoms with van der Waals surface area (Å²) in [5.41, 5.74) is 0.890. The summed E-state index contributed by atoms with van der Waals surface area (Å²) in [4.78, 5) is 15.4. The smallest absolute Gasteiger partial charge is 0.261 e. The van der Waals surface area contributed by atoms with E-state index in [1.54, 1.807) is 6.07 Å². The number of pyridine rings is 1. The van der Waals surface area contributed by atoms with Gasteiger partial charge in [-0.15, -0.1) is 0 Å². The van der Waals surface area contributed by atoms with Crippen LogP contribution in [-0.2, 0) is 4.79 Å². The third-order valence-corrected chi connectivity index (χ3v) is 2.12. The lowest BCUT2D eigenvalue weighted by molar-refractivity contribution is -0.125. The molecule has 1 fully saturated rings. The van der Waals surface area contributed by atoms with Gasteiger partial charge in [0.1, 0.15) is 0 Å². The Morgan fingerprint density at radius 3 is 3.07 bits per heavy atom. The van der Waals surface area contributed by atoms with Crippen LogP contribution in [0.2, 0.25) is 0 Å². The van der Waals surface area contributed by atoms with Crippen molar-refractivity contribution >= 4 is 5.91 Å². The predicted molar refractivity (Wildman–Crippen MR) is 51.0 cm³/mol. The van der Waals surface area contributed by atoms with Crippen molar-refractivity contribution in [1.82, 2.24) is 10.3 Å². The maximum Gasteiger partial charge on any atom is 0.261 e. The first-order chi connectivity index (χ1) is 6.75. The Hall–Kier alpha value is -1.58. The molecule has 2 heterocycles. The minimum Gasteiger partial charge on any atom is -0.464 e. The highest BCUT2D eigenvalue weighted by atomic mass is 16.5. The van der Waals surface area contributed by atoms with Crippen LogP contribution in [0.5, 0.6) is 5.88 Å². The molecule has 1 atom stereocenters. The normalized spacial score (nSPS) is 20.6. The van der Waals surface area contributed by atoms with Gasteiger partial charge in [0.25, 0.3) is 5.91 Å². The SMILES string of the molecule is Cc1cccc(OC2CCNC2=O)n1. The fourth-order valence-corrected chi connectivity index (χ4v) is 1.41. The standard InChI is InChI=1S/C10H12N2O2/c1-7-3-2-4-9(12-7)14-8-5-6-11-10(8)13/h2-4,8H,5-6H2,1H3,(H,11,13). The van der Waals surface area contributed by atoms with Crippen LogP contribution < -0.4 is 10.1 Å². The van der Waals surface area contributed by atoms with Crippen molar-refractivity contribution in [3.63, 3.8) is 0 Å². The van der Waals surface area contributed by atoms with E-state index in [2.05, 4.69) is 10.3 Å². The van der Waals surface area contributed by atoms with Gasteiger partial charge in [0.2, 0.25) is 5.88 Å². The van der Waals surface area contributed by atoms with E-state index >= 15 is 0 Å². The number of carbonyl (C=O) groups excluding carboxylic acids is 1. The van der Waals surface area contributed by atoms with Gasteiger partial charge in [0.15, 0.2) is 6.10 Å². The van der Waals surface area contributed by atoms with E-state index in [9.17, 15) is 4.79 Å². The second kappa shape index (κ2) is 3.65. The highest BCUT2D eigenvalue weighted by molar-refractivity contribution is 5.83. The summed E-state index contributed by atoms with van der Waals surface area (Å²) in [6.45, 7) is 2.58. The molecular weight excluding hydrogens is 180 g/mol. The Balaban J connectivity index is 2.07. The van der Waals surface area contributed by atoms with E-state index in [0.29, 0.717) is 18.8 Å². The van der Waals surface area contributed by atoms with Gasteiger partial charge >= 0.3 is 0 Å². The molecule has 0 bridgehead atoms. The van der Waals surface area contributed by atoms with Gasteiger partial charge in [-0.25, -0.2) is 4.98 Å². The van der Waals surface area contributed by atoms with Crippen LogP contribution in [-0.4, -0.2) is 23.5 Å². The highest BCUT2D eigenvalue weighted by Crippen LogP contribution is 2.12. The monoisotopic (exact) mass is 192 g/mol. The Kier molecular flexibility index (Phi) is 2.35. The fourth-order valence-electron chi connectivity index (χ4n) is 1.41. The Labute approximate surface area is 82.3 Å². The molecule has 1 amide bonds. The molecule has 0 radical (unpaired) electrons. The molecule has 1 aliphatic heterocycles. The number of amides is 1. The summed E-state index contributed by atoms with van der Waals surface area (Å²) in [6.07, 6.45) is 0.346. The lowest BCUT2D eigenvalue weighted by Gasteiger charge is -2.09. The Morgan fingerprint density at radius 1 is 1.57 bits per heavy atom. The lowest BCUT2D eigenvalue weighted by Crippen LogP contribution is -2.27. The summed E-state index contributed by atoms with van der Waals surface area (Å²) in [5, 5.41) is 2.71. The van der Waals surface area contributed by atoms with Crippen LogP contribution >= 0.6 is 0 Å². The molecule has 4 nitrogen and oxygen atoms in total. The molecule has 74 valence electrons. The van der Waals surface area contributed by atoms with E-state index in [-0.39, 0.29) is 12.0 Å². The van der Waals surface area contributed by atoms with Gasteiger partial charge in [-0.05, 0) is 13.0 Å². The lowest BCUT2D eigenvalue weighted by atomic mass is 10.3. The van der Waals surface area contributed by atoms with Crippen LogP contribution in [0.25, 0.3) is 0 Å². The van der Waals surface area contributed by atoms with Crippen molar-refractivity contribution in [3.8, 4) is 5.88 Å². The van der Waals surface area contributed by atoms with Gasteiger partial charge in [-0.3, -0.25) is 4.79 Å². The Bertz CT molecular complexity index is 352. The highest BCUT2D eigenvalue weighted by Gasteiger charge is 2.25. The molecule has 0 saturated carbocycles. The van der Waals surface area contributed by atoms with Crippen molar-refractivity contribution in [3.05, 3.63) is 23.9 Å².